The molecule has 4 aromatic rings. The molecule has 2 aliphatic heterocycles. The molecule has 0 bridgehead atoms. The first-order valence-electron chi connectivity index (χ1n) is 12.6. The van der Waals surface area contributed by atoms with Crippen molar-refractivity contribution in [1.29, 1.82) is 0 Å². The molecule has 0 radical (unpaired) electrons. The minimum Gasteiger partial charge on any atom is -0.474 e. The molecule has 0 fully saturated rings. The van der Waals surface area contributed by atoms with Crippen LogP contribution in [0.4, 0.5) is 10.1 Å². The lowest BCUT2D eigenvalue weighted by Gasteiger charge is -2.22. The summed E-state index contributed by atoms with van der Waals surface area (Å²) in [6.07, 6.45) is 0.914. The lowest BCUT2D eigenvalue weighted by atomic mass is 10.0. The maximum absolute atomic E-state index is 14.8. The highest BCUT2D eigenvalue weighted by Crippen LogP contribution is 2.35. The molecule has 11 heteroatoms. The van der Waals surface area contributed by atoms with Gasteiger partial charge in [0.05, 0.1) is 23.7 Å². The van der Waals surface area contributed by atoms with Gasteiger partial charge in [-0.15, -0.1) is 0 Å². The zero-order valence-corrected chi connectivity index (χ0v) is 21.6. The van der Waals surface area contributed by atoms with Crippen molar-refractivity contribution in [3.63, 3.8) is 0 Å². The van der Waals surface area contributed by atoms with Gasteiger partial charge in [-0.1, -0.05) is 42.5 Å². The molecular weight excluding hydrogens is 501 g/mol. The fourth-order valence-corrected chi connectivity index (χ4v) is 4.81. The lowest BCUT2D eigenvalue weighted by Crippen LogP contribution is -2.42. The summed E-state index contributed by atoms with van der Waals surface area (Å²) in [5.74, 6) is -1.54. The van der Waals surface area contributed by atoms with Crippen molar-refractivity contribution in [2.75, 3.05) is 5.32 Å². The van der Waals surface area contributed by atoms with Crippen molar-refractivity contribution >= 4 is 23.2 Å². The number of aliphatic imine (C=N–C) groups is 1. The van der Waals surface area contributed by atoms with Gasteiger partial charge in [-0.25, -0.2) is 14.1 Å². The molecule has 2 N–H and O–H groups in total. The van der Waals surface area contributed by atoms with E-state index in [1.807, 2.05) is 44.2 Å². The molecular formula is C28H26FN7O3. The monoisotopic (exact) mass is 527 g/mol. The number of carbonyl (C=O) groups excluding carboxylic acids is 2. The number of rotatable bonds is 4. The Morgan fingerprint density at radius 2 is 1.95 bits per heavy atom. The summed E-state index contributed by atoms with van der Waals surface area (Å²) in [5, 5.41) is 14.3. The molecule has 2 aromatic carbocycles. The lowest BCUT2D eigenvalue weighted by molar-refractivity contribution is -0.117. The van der Waals surface area contributed by atoms with Gasteiger partial charge in [0.2, 0.25) is 12.0 Å². The fraction of sp³-hybridized carbons (Fsp3) is 0.250. The third kappa shape index (κ3) is 4.25. The van der Waals surface area contributed by atoms with E-state index in [1.54, 1.807) is 34.7 Å². The minimum atomic E-state index is -1.35. The summed E-state index contributed by atoms with van der Waals surface area (Å²) < 4.78 is 24.3. The van der Waals surface area contributed by atoms with Gasteiger partial charge in [-0.2, -0.15) is 10.2 Å². The number of halogens is 1. The van der Waals surface area contributed by atoms with Gasteiger partial charge in [-0.3, -0.25) is 14.3 Å². The van der Waals surface area contributed by atoms with Crippen LogP contribution in [-0.2, 0) is 18.4 Å². The number of nitrogens with one attached hydrogen (secondary N) is 2. The molecule has 2 aliphatic rings. The van der Waals surface area contributed by atoms with Gasteiger partial charge in [0.1, 0.15) is 17.1 Å². The topological polar surface area (TPSA) is 115 Å². The average Bonchev–Trinajstić information content (AvgIpc) is 3.42. The number of anilines is 1. The molecule has 2 aromatic heterocycles. The molecule has 10 nitrogen and oxygen atoms in total. The highest BCUT2D eigenvalue weighted by atomic mass is 19.1. The second-order valence-electron chi connectivity index (χ2n) is 9.61. The summed E-state index contributed by atoms with van der Waals surface area (Å²) in [4.78, 5) is 31.8. The number of hydrogen-bond acceptors (Lipinski definition) is 6. The standard InChI is InChI=1S/C28H26FN7O3/c1-15-12-13-36-28(39-15)21(24(34-36)19-14-30-35(3)16(19)2)26(37)33-25-27(38)32-23-18(10-7-11-20(23)29)22(31-25)17-8-5-4-6-9-17/h4-11,14-15,25H,12-13H2,1-3H3,(H,32,38)(H,33,37)/t15-,25-/m1/s1. The minimum absolute atomic E-state index is 0.00796. The second kappa shape index (κ2) is 9.50. The molecule has 39 heavy (non-hydrogen) atoms. The number of nitrogens with zero attached hydrogens (tertiary/aromatic N) is 5. The van der Waals surface area contributed by atoms with E-state index in [2.05, 4.69) is 25.8 Å². The molecule has 198 valence electrons. The maximum atomic E-state index is 14.8. The molecule has 2 atom stereocenters. The van der Waals surface area contributed by atoms with Crippen LogP contribution in [0, 0.1) is 12.7 Å². The van der Waals surface area contributed by atoms with Crippen molar-refractivity contribution in [3.8, 4) is 17.1 Å². The van der Waals surface area contributed by atoms with E-state index >= 15 is 0 Å². The normalized spacial score (nSPS) is 18.3. The number of ether oxygens (including phenoxy) is 1. The first kappa shape index (κ1) is 24.5. The van der Waals surface area contributed by atoms with E-state index in [9.17, 15) is 14.0 Å². The van der Waals surface area contributed by atoms with E-state index in [-0.39, 0.29) is 17.4 Å². The first-order valence-corrected chi connectivity index (χ1v) is 12.6. The van der Waals surface area contributed by atoms with Crippen LogP contribution in [0.5, 0.6) is 5.88 Å². The number of aromatic nitrogens is 4. The largest absolute Gasteiger partial charge is 0.474 e. The maximum Gasteiger partial charge on any atom is 0.269 e. The van der Waals surface area contributed by atoms with Crippen LogP contribution < -0.4 is 15.4 Å². The number of benzene rings is 2. The van der Waals surface area contributed by atoms with Crippen LogP contribution in [0.2, 0.25) is 0 Å². The van der Waals surface area contributed by atoms with Crippen molar-refractivity contribution in [3.05, 3.63) is 82.9 Å². The highest BCUT2D eigenvalue weighted by Gasteiger charge is 2.35. The van der Waals surface area contributed by atoms with Gasteiger partial charge in [0, 0.05) is 42.4 Å². The molecule has 6 rings (SSSR count). The summed E-state index contributed by atoms with van der Waals surface area (Å²) in [7, 11) is 1.81. The van der Waals surface area contributed by atoms with Gasteiger partial charge in [0.25, 0.3) is 11.8 Å². The van der Waals surface area contributed by atoms with Gasteiger partial charge in [-0.05, 0) is 19.9 Å². The number of amides is 2. The Hall–Kier alpha value is -4.80. The molecule has 0 saturated heterocycles. The SMILES string of the molecule is Cc1c(-c2nn3c(c2C(=O)N[C@H]2N=C(c4ccccc4)c4cccc(F)c4NC2=O)O[C@H](C)CC3)cnn1C. The number of para-hydroxylation sites is 1. The average molecular weight is 528 g/mol. The summed E-state index contributed by atoms with van der Waals surface area (Å²) in [6.45, 7) is 4.38. The fourth-order valence-electron chi connectivity index (χ4n) is 4.81. The number of benzodiazepines with no additional fused rings is 1. The van der Waals surface area contributed by atoms with Gasteiger partial charge >= 0.3 is 0 Å². The smallest absolute Gasteiger partial charge is 0.269 e. The third-order valence-corrected chi connectivity index (χ3v) is 7.02. The number of hydrogen-bond donors (Lipinski definition) is 2. The van der Waals surface area contributed by atoms with Crippen molar-refractivity contribution in [2.45, 2.75) is 39.1 Å². The Labute approximate surface area is 223 Å². The van der Waals surface area contributed by atoms with Crippen LogP contribution in [0.1, 0.15) is 40.5 Å². The third-order valence-electron chi connectivity index (χ3n) is 7.02. The summed E-state index contributed by atoms with van der Waals surface area (Å²) in [5.41, 5.74) is 3.55. The number of fused-ring (bicyclic) bond motifs is 2. The molecule has 4 heterocycles. The van der Waals surface area contributed by atoms with E-state index < -0.39 is 23.8 Å². The Morgan fingerprint density at radius 1 is 1.15 bits per heavy atom. The number of carbonyl (C=O) groups is 2. The van der Waals surface area contributed by atoms with Gasteiger partial charge in [0.15, 0.2) is 0 Å². The Morgan fingerprint density at radius 3 is 2.69 bits per heavy atom. The second-order valence-corrected chi connectivity index (χ2v) is 9.61. The molecule has 2 amide bonds. The van der Waals surface area contributed by atoms with E-state index in [4.69, 9.17) is 4.74 Å². The molecule has 0 saturated carbocycles. The predicted molar refractivity (Wildman–Crippen MR) is 142 cm³/mol. The van der Waals surface area contributed by atoms with Crippen molar-refractivity contribution in [1.82, 2.24) is 24.9 Å². The van der Waals surface area contributed by atoms with E-state index in [1.165, 1.54) is 6.07 Å². The Kier molecular flexibility index (Phi) is 5.97. The van der Waals surface area contributed by atoms with E-state index in [0.717, 1.165) is 12.1 Å². The zero-order chi connectivity index (χ0) is 27.3. The highest BCUT2D eigenvalue weighted by molar-refractivity contribution is 6.20. The summed E-state index contributed by atoms with van der Waals surface area (Å²) >= 11 is 0. The molecule has 0 spiro atoms. The zero-order valence-electron chi connectivity index (χ0n) is 21.6. The van der Waals surface area contributed by atoms with Crippen LogP contribution in [0.3, 0.4) is 0 Å². The summed E-state index contributed by atoms with van der Waals surface area (Å²) in [6, 6.07) is 13.6. The van der Waals surface area contributed by atoms with Crippen LogP contribution in [0.15, 0.2) is 59.7 Å². The number of aryl methyl sites for hydroxylation is 2. The predicted octanol–water partition coefficient (Wildman–Crippen LogP) is 3.45. The Bertz CT molecular complexity index is 1640. The van der Waals surface area contributed by atoms with E-state index in [0.29, 0.717) is 40.5 Å². The first-order chi connectivity index (χ1) is 18.8. The van der Waals surface area contributed by atoms with Crippen molar-refractivity contribution in [2.24, 2.45) is 12.0 Å². The molecule has 0 unspecified atom stereocenters. The molecule has 0 aliphatic carbocycles. The quantitative estimate of drug-likeness (QED) is 0.422. The van der Waals surface area contributed by atoms with Crippen LogP contribution in [0.25, 0.3) is 11.3 Å². The Balaban J connectivity index is 1.44. The van der Waals surface area contributed by atoms with Crippen LogP contribution >= 0.6 is 0 Å². The van der Waals surface area contributed by atoms with Crippen molar-refractivity contribution < 1.29 is 18.7 Å². The van der Waals surface area contributed by atoms with Gasteiger partial charge < -0.3 is 15.4 Å². The van der Waals surface area contributed by atoms with Crippen LogP contribution in [-0.4, -0.2) is 49.4 Å².